The standard InChI is InChI=1S/C36H36ClN5O4S2/c1-20-30-19-47-23-15-22-7-4-5-8-24(22)29(16-23)46-14-6-9-25-26-10-11-27(37)33(34(26)41(3)35(25)36(44)45)32-21(2)40-42(12-13-43)28(32)17-38-18-31(39-20)48-30/h4-5,7-8,10-11,15-16,38,43H,6,9,12-14,17-19H2,1-3H3,(H,44,45). The maximum Gasteiger partial charge on any atom is 0.352 e. The van der Waals surface area contributed by atoms with Crippen LogP contribution in [0.1, 0.15) is 49.4 Å². The third kappa shape index (κ3) is 5.98. The topological polar surface area (TPSA) is 114 Å². The van der Waals surface area contributed by atoms with Crippen molar-refractivity contribution in [3.63, 3.8) is 0 Å². The zero-order valence-corrected chi connectivity index (χ0v) is 29.4. The molecule has 12 heteroatoms. The van der Waals surface area contributed by atoms with Gasteiger partial charge in [0.05, 0.1) is 47.4 Å². The lowest BCUT2D eigenvalue weighted by Gasteiger charge is -2.14. The van der Waals surface area contributed by atoms with Crippen LogP contribution in [0.3, 0.4) is 0 Å². The number of rotatable bonds is 3. The first-order valence-electron chi connectivity index (χ1n) is 15.9. The van der Waals surface area contributed by atoms with Crippen molar-refractivity contribution in [3.05, 3.63) is 91.8 Å². The van der Waals surface area contributed by atoms with Gasteiger partial charge in [-0.1, -0.05) is 41.9 Å². The summed E-state index contributed by atoms with van der Waals surface area (Å²) in [6, 6.07) is 16.3. The van der Waals surface area contributed by atoms with Crippen molar-refractivity contribution in [3.8, 4) is 16.9 Å². The maximum atomic E-state index is 12.8. The molecular weight excluding hydrogens is 666 g/mol. The number of aryl methyl sites for hydroxylation is 4. The van der Waals surface area contributed by atoms with Gasteiger partial charge in [0.1, 0.15) is 16.5 Å². The predicted molar refractivity (Wildman–Crippen MR) is 193 cm³/mol. The van der Waals surface area contributed by atoms with E-state index in [1.807, 2.05) is 35.9 Å². The Bertz CT molecular complexity index is 2190. The molecule has 6 aromatic rings. The molecule has 0 amide bonds. The fraction of sp³-hybridized carbons (Fsp3) is 0.306. The van der Waals surface area contributed by atoms with Crippen LogP contribution < -0.4 is 10.1 Å². The number of aliphatic hydroxyl groups excluding tert-OH is 1. The van der Waals surface area contributed by atoms with E-state index < -0.39 is 5.97 Å². The summed E-state index contributed by atoms with van der Waals surface area (Å²) in [5.41, 5.74) is 5.93. The minimum absolute atomic E-state index is 0.0736. The van der Waals surface area contributed by atoms with Crippen molar-refractivity contribution in [2.45, 2.75) is 57.0 Å². The number of hydrogen-bond acceptors (Lipinski definition) is 8. The molecular formula is C36H36ClN5O4S2. The summed E-state index contributed by atoms with van der Waals surface area (Å²) in [5, 5.41) is 33.2. The molecule has 4 heterocycles. The lowest BCUT2D eigenvalue weighted by Crippen LogP contribution is -2.18. The van der Waals surface area contributed by atoms with Crippen molar-refractivity contribution >= 4 is 62.3 Å². The SMILES string of the molecule is Cc1nc2sc1CSc1cc(c3ccccc3c1)OCCCc1c(C(=O)O)n(C)c3c(c(Cl)ccc13)-c1c(C)nn(CCO)c1CNC2. The number of benzene rings is 3. The van der Waals surface area contributed by atoms with Gasteiger partial charge in [-0.05, 0) is 55.8 Å². The minimum atomic E-state index is -0.996. The normalized spacial score (nSPS) is 14.2. The van der Waals surface area contributed by atoms with Crippen LogP contribution in [-0.2, 0) is 38.9 Å². The molecule has 0 spiro atoms. The molecule has 48 heavy (non-hydrogen) atoms. The summed E-state index contributed by atoms with van der Waals surface area (Å²) in [5.74, 6) is 0.620. The van der Waals surface area contributed by atoms with E-state index in [2.05, 4.69) is 36.5 Å². The molecule has 0 saturated heterocycles. The number of fused-ring (bicyclic) bond motifs is 8. The van der Waals surface area contributed by atoms with E-state index in [0.29, 0.717) is 44.1 Å². The fourth-order valence-corrected chi connectivity index (χ4v) is 9.20. The number of aromatic nitrogens is 4. The maximum absolute atomic E-state index is 12.8. The van der Waals surface area contributed by atoms with Crippen LogP contribution in [0.4, 0.5) is 0 Å². The Morgan fingerprint density at radius 3 is 2.73 bits per heavy atom. The molecule has 9 nitrogen and oxygen atoms in total. The van der Waals surface area contributed by atoms with Gasteiger partial charge in [-0.2, -0.15) is 5.10 Å². The monoisotopic (exact) mass is 701 g/mol. The Kier molecular flexibility index (Phi) is 9.23. The highest BCUT2D eigenvalue weighted by Crippen LogP contribution is 2.42. The Morgan fingerprint density at radius 1 is 1.08 bits per heavy atom. The highest BCUT2D eigenvalue weighted by Gasteiger charge is 2.27. The molecule has 0 fully saturated rings. The number of halogens is 1. The van der Waals surface area contributed by atoms with Gasteiger partial charge >= 0.3 is 5.97 Å². The number of ether oxygens (including phenoxy) is 1. The lowest BCUT2D eigenvalue weighted by molar-refractivity contribution is 0.0685. The predicted octanol–water partition coefficient (Wildman–Crippen LogP) is 7.52. The number of hydrogen-bond donors (Lipinski definition) is 3. The largest absolute Gasteiger partial charge is 0.493 e. The van der Waals surface area contributed by atoms with E-state index in [-0.39, 0.29) is 12.3 Å². The molecule has 8 bridgehead atoms. The van der Waals surface area contributed by atoms with Crippen LogP contribution in [0.15, 0.2) is 53.4 Å². The molecule has 0 aliphatic carbocycles. The van der Waals surface area contributed by atoms with Crippen molar-refractivity contribution in [2.75, 3.05) is 13.2 Å². The number of nitrogens with zero attached hydrogens (tertiary/aromatic N) is 4. The third-order valence-electron chi connectivity index (χ3n) is 8.91. The van der Waals surface area contributed by atoms with E-state index >= 15 is 0 Å². The smallest absolute Gasteiger partial charge is 0.352 e. The molecule has 1 aliphatic rings. The highest BCUT2D eigenvalue weighted by atomic mass is 35.5. The third-order valence-corrected chi connectivity index (χ3v) is 11.6. The second kappa shape index (κ2) is 13.6. The molecule has 248 valence electrons. The molecule has 0 radical (unpaired) electrons. The van der Waals surface area contributed by atoms with Gasteiger partial charge in [0.15, 0.2) is 0 Å². The first kappa shape index (κ1) is 32.7. The Balaban J connectivity index is 1.37. The number of aliphatic hydroxyl groups is 1. The highest BCUT2D eigenvalue weighted by molar-refractivity contribution is 7.98. The summed E-state index contributed by atoms with van der Waals surface area (Å²) in [6.45, 7) is 5.66. The molecule has 7 rings (SSSR count). The Hall–Kier alpha value is -3.87. The zero-order valence-electron chi connectivity index (χ0n) is 27.0. The van der Waals surface area contributed by atoms with E-state index in [9.17, 15) is 15.0 Å². The molecule has 3 aromatic carbocycles. The summed E-state index contributed by atoms with van der Waals surface area (Å²) in [4.78, 5) is 20.0. The van der Waals surface area contributed by atoms with Gasteiger partial charge in [-0.15, -0.1) is 23.1 Å². The number of carbonyl (C=O) groups is 1. The number of nitrogens with one attached hydrogen (secondary N) is 1. The average molecular weight is 702 g/mol. The zero-order chi connectivity index (χ0) is 33.5. The van der Waals surface area contributed by atoms with Gasteiger partial charge < -0.3 is 24.8 Å². The molecule has 0 unspecified atom stereocenters. The second-order valence-corrected chi connectivity index (χ2v) is 14.6. The number of aromatic carboxylic acids is 1. The van der Waals surface area contributed by atoms with Crippen molar-refractivity contribution < 1.29 is 19.7 Å². The quantitative estimate of drug-likeness (QED) is 0.174. The molecule has 0 saturated carbocycles. The summed E-state index contributed by atoms with van der Waals surface area (Å²) < 4.78 is 10.00. The summed E-state index contributed by atoms with van der Waals surface area (Å²) in [7, 11) is 1.78. The van der Waals surface area contributed by atoms with E-state index in [1.165, 1.54) is 4.88 Å². The minimum Gasteiger partial charge on any atom is -0.493 e. The number of carboxylic acids is 1. The van der Waals surface area contributed by atoms with Gasteiger partial charge in [0.25, 0.3) is 0 Å². The second-order valence-electron chi connectivity index (χ2n) is 12.0. The number of carboxylic acid groups (broad SMARTS) is 1. The van der Waals surface area contributed by atoms with Crippen LogP contribution in [-0.4, -0.2) is 48.7 Å². The van der Waals surface area contributed by atoms with E-state index in [0.717, 1.165) is 76.9 Å². The van der Waals surface area contributed by atoms with E-state index in [4.69, 9.17) is 26.4 Å². The first-order valence-corrected chi connectivity index (χ1v) is 18.1. The van der Waals surface area contributed by atoms with E-state index in [1.54, 1.807) is 34.7 Å². The molecule has 3 N–H and O–H groups in total. The Morgan fingerprint density at radius 2 is 1.92 bits per heavy atom. The average Bonchev–Trinajstić information content (AvgIpc) is 3.67. The summed E-state index contributed by atoms with van der Waals surface area (Å²) in [6.07, 6.45) is 1.13. The van der Waals surface area contributed by atoms with Crippen molar-refractivity contribution in [2.24, 2.45) is 7.05 Å². The van der Waals surface area contributed by atoms with Gasteiger partial charge in [-0.25, -0.2) is 9.78 Å². The lowest BCUT2D eigenvalue weighted by atomic mass is 9.98. The van der Waals surface area contributed by atoms with Crippen LogP contribution >= 0.6 is 34.7 Å². The first-order chi connectivity index (χ1) is 23.2. The van der Waals surface area contributed by atoms with Crippen LogP contribution in [0, 0.1) is 13.8 Å². The van der Waals surface area contributed by atoms with Crippen LogP contribution in [0.25, 0.3) is 32.8 Å². The molecule has 1 aliphatic heterocycles. The Labute approximate surface area is 291 Å². The van der Waals surface area contributed by atoms with Crippen molar-refractivity contribution in [1.29, 1.82) is 0 Å². The fourth-order valence-electron chi connectivity index (χ4n) is 6.79. The van der Waals surface area contributed by atoms with Crippen molar-refractivity contribution in [1.82, 2.24) is 24.6 Å². The van der Waals surface area contributed by atoms with Gasteiger partial charge in [0, 0.05) is 57.6 Å². The van der Waals surface area contributed by atoms with Crippen LogP contribution in [0.5, 0.6) is 5.75 Å². The van der Waals surface area contributed by atoms with Gasteiger partial charge in [0.2, 0.25) is 0 Å². The molecule has 0 atom stereocenters. The number of thioether (sulfide) groups is 1. The molecule has 3 aromatic heterocycles. The van der Waals surface area contributed by atoms with Gasteiger partial charge in [-0.3, -0.25) is 4.68 Å². The summed E-state index contributed by atoms with van der Waals surface area (Å²) >= 11 is 10.5. The van der Waals surface area contributed by atoms with Crippen LogP contribution in [0.2, 0.25) is 5.02 Å². The number of thiazole rings is 1.